The summed E-state index contributed by atoms with van der Waals surface area (Å²) < 4.78 is 0. The lowest BCUT2D eigenvalue weighted by Crippen LogP contribution is -2.45. The number of imide groups is 1. The monoisotopic (exact) mass is 433 g/mol. The molecule has 164 valence electrons. The minimum absolute atomic E-state index is 0.203. The first kappa shape index (κ1) is 21.2. The van der Waals surface area contributed by atoms with Gasteiger partial charge in [-0.2, -0.15) is 0 Å². The van der Waals surface area contributed by atoms with Crippen LogP contribution in [0.4, 0.5) is 0 Å². The van der Waals surface area contributed by atoms with Gasteiger partial charge < -0.3 is 15.6 Å². The molecule has 32 heavy (non-hydrogen) atoms. The Kier molecular flexibility index (Phi) is 5.25. The molecule has 1 aromatic heterocycles. The topological polar surface area (TPSA) is 124 Å². The second-order valence-electron chi connectivity index (χ2n) is 8.52. The van der Waals surface area contributed by atoms with E-state index in [-0.39, 0.29) is 36.0 Å². The van der Waals surface area contributed by atoms with E-state index in [0.29, 0.717) is 11.1 Å². The molecule has 1 aliphatic rings. The number of nitrogens with one attached hydrogen (secondary N) is 3. The van der Waals surface area contributed by atoms with Crippen molar-refractivity contribution in [3.8, 4) is 0 Å². The highest BCUT2D eigenvalue weighted by molar-refractivity contribution is 6.22. The van der Waals surface area contributed by atoms with Gasteiger partial charge in [0, 0.05) is 29.8 Å². The number of hydrogen-bond acceptors (Lipinski definition) is 5. The molecule has 2 aromatic carbocycles. The first-order valence-electron chi connectivity index (χ1n) is 10.2. The summed E-state index contributed by atoms with van der Waals surface area (Å²) in [6.45, 7) is 5.78. The molecule has 0 fully saturated rings. The van der Waals surface area contributed by atoms with Crippen LogP contribution in [0.3, 0.4) is 0 Å². The summed E-state index contributed by atoms with van der Waals surface area (Å²) in [5.74, 6) is -1.43. The van der Waals surface area contributed by atoms with Crippen molar-refractivity contribution in [3.63, 3.8) is 0 Å². The van der Waals surface area contributed by atoms with Crippen LogP contribution in [0.5, 0.6) is 0 Å². The third kappa shape index (κ3) is 3.84. The van der Waals surface area contributed by atoms with Crippen molar-refractivity contribution >= 4 is 34.7 Å². The van der Waals surface area contributed by atoms with E-state index < -0.39 is 17.4 Å². The Morgan fingerprint density at radius 1 is 0.906 bits per heavy atom. The Morgan fingerprint density at radius 3 is 2.16 bits per heavy atom. The molecule has 3 aromatic rings. The number of aromatic nitrogens is 2. The van der Waals surface area contributed by atoms with Gasteiger partial charge in [0.1, 0.15) is 0 Å². The van der Waals surface area contributed by atoms with E-state index in [2.05, 4.69) is 20.6 Å². The zero-order valence-corrected chi connectivity index (χ0v) is 18.0. The Bertz CT molecular complexity index is 1250. The SMILES string of the molecule is CC(C)(C)N1C(=O)c2ccc(C(=O)NCCNC(=O)c3ccc4nc[nH]c4c3)cc2C1=O. The van der Waals surface area contributed by atoms with Crippen LogP contribution < -0.4 is 10.6 Å². The maximum absolute atomic E-state index is 12.7. The lowest BCUT2D eigenvalue weighted by Gasteiger charge is -2.29. The average molecular weight is 433 g/mol. The fourth-order valence-electron chi connectivity index (χ4n) is 3.62. The van der Waals surface area contributed by atoms with E-state index in [1.165, 1.54) is 23.1 Å². The van der Waals surface area contributed by atoms with Gasteiger partial charge in [-0.1, -0.05) is 0 Å². The van der Waals surface area contributed by atoms with Gasteiger partial charge in [-0.3, -0.25) is 24.1 Å². The number of hydrogen-bond donors (Lipinski definition) is 3. The average Bonchev–Trinajstić information content (AvgIpc) is 3.32. The zero-order chi connectivity index (χ0) is 23.0. The Morgan fingerprint density at radius 2 is 1.50 bits per heavy atom. The molecule has 0 bridgehead atoms. The lowest BCUT2D eigenvalue weighted by molar-refractivity contribution is 0.0507. The Labute approximate surface area is 184 Å². The predicted molar refractivity (Wildman–Crippen MR) is 117 cm³/mol. The number of carbonyl (C=O) groups is 4. The molecule has 4 rings (SSSR count). The standard InChI is InChI=1S/C23H23N5O4/c1-23(2,3)28-21(31)15-6-4-13(10-16(15)22(28)32)19(29)24-8-9-25-20(30)14-5-7-17-18(11-14)27-12-26-17/h4-7,10-12H,8-9H2,1-3H3,(H,24,29)(H,25,30)(H,26,27). The van der Waals surface area contributed by atoms with Crippen molar-refractivity contribution in [1.82, 2.24) is 25.5 Å². The van der Waals surface area contributed by atoms with E-state index in [0.717, 1.165) is 11.0 Å². The third-order valence-electron chi connectivity index (χ3n) is 5.20. The van der Waals surface area contributed by atoms with Crippen LogP contribution in [0, 0.1) is 0 Å². The van der Waals surface area contributed by atoms with Crippen LogP contribution in [0.2, 0.25) is 0 Å². The molecule has 0 saturated carbocycles. The predicted octanol–water partition coefficient (Wildman–Crippen LogP) is 2.12. The van der Waals surface area contributed by atoms with Crippen molar-refractivity contribution < 1.29 is 19.2 Å². The third-order valence-corrected chi connectivity index (χ3v) is 5.20. The number of aromatic amines is 1. The van der Waals surface area contributed by atoms with Crippen molar-refractivity contribution in [3.05, 3.63) is 65.0 Å². The molecule has 0 saturated heterocycles. The van der Waals surface area contributed by atoms with E-state index in [4.69, 9.17) is 0 Å². The molecule has 9 nitrogen and oxygen atoms in total. The normalized spacial score (nSPS) is 13.4. The summed E-state index contributed by atoms with van der Waals surface area (Å²) in [6.07, 6.45) is 1.56. The van der Waals surface area contributed by atoms with Gasteiger partial charge in [-0.05, 0) is 57.2 Å². The summed E-state index contributed by atoms with van der Waals surface area (Å²) in [6, 6.07) is 9.60. The van der Waals surface area contributed by atoms with Gasteiger partial charge in [-0.15, -0.1) is 0 Å². The van der Waals surface area contributed by atoms with Crippen molar-refractivity contribution in [2.75, 3.05) is 13.1 Å². The molecular weight excluding hydrogens is 410 g/mol. The summed E-state index contributed by atoms with van der Waals surface area (Å²) in [4.78, 5) is 58.3. The van der Waals surface area contributed by atoms with E-state index in [9.17, 15) is 19.2 Å². The zero-order valence-electron chi connectivity index (χ0n) is 18.0. The van der Waals surface area contributed by atoms with Gasteiger partial charge >= 0.3 is 0 Å². The van der Waals surface area contributed by atoms with Crippen LogP contribution in [0.15, 0.2) is 42.7 Å². The summed E-state index contributed by atoms with van der Waals surface area (Å²) in [5.41, 5.74) is 2.16. The number of benzene rings is 2. The highest BCUT2D eigenvalue weighted by atomic mass is 16.2. The van der Waals surface area contributed by atoms with Gasteiger partial charge in [0.25, 0.3) is 23.6 Å². The molecule has 2 heterocycles. The lowest BCUT2D eigenvalue weighted by atomic mass is 10.1. The summed E-state index contributed by atoms with van der Waals surface area (Å²) >= 11 is 0. The fourth-order valence-corrected chi connectivity index (χ4v) is 3.62. The Balaban J connectivity index is 1.34. The van der Waals surface area contributed by atoms with E-state index in [1.807, 2.05) is 0 Å². The van der Waals surface area contributed by atoms with Crippen LogP contribution in [0.25, 0.3) is 11.0 Å². The molecule has 3 N–H and O–H groups in total. The van der Waals surface area contributed by atoms with E-state index >= 15 is 0 Å². The first-order chi connectivity index (χ1) is 15.2. The number of imidazole rings is 1. The van der Waals surface area contributed by atoms with Gasteiger partial charge in [0.2, 0.25) is 0 Å². The number of rotatable bonds is 5. The van der Waals surface area contributed by atoms with Crippen LogP contribution in [-0.2, 0) is 0 Å². The van der Waals surface area contributed by atoms with Gasteiger partial charge in [-0.25, -0.2) is 4.98 Å². The molecule has 4 amide bonds. The second kappa shape index (κ2) is 7.92. The van der Waals surface area contributed by atoms with Crippen molar-refractivity contribution in [1.29, 1.82) is 0 Å². The fraction of sp³-hybridized carbons (Fsp3) is 0.261. The van der Waals surface area contributed by atoms with Crippen molar-refractivity contribution in [2.24, 2.45) is 0 Å². The number of nitrogens with zero attached hydrogens (tertiary/aromatic N) is 2. The largest absolute Gasteiger partial charge is 0.350 e. The molecule has 0 unspecified atom stereocenters. The number of fused-ring (bicyclic) bond motifs is 2. The number of carbonyl (C=O) groups excluding carboxylic acids is 4. The second-order valence-corrected chi connectivity index (χ2v) is 8.52. The first-order valence-corrected chi connectivity index (χ1v) is 10.2. The molecule has 0 aliphatic carbocycles. The minimum Gasteiger partial charge on any atom is -0.350 e. The molecule has 9 heteroatoms. The number of amides is 4. The molecule has 1 aliphatic heterocycles. The maximum Gasteiger partial charge on any atom is 0.262 e. The quantitative estimate of drug-likeness (QED) is 0.420. The molecule has 0 atom stereocenters. The van der Waals surface area contributed by atoms with Gasteiger partial charge in [0.15, 0.2) is 0 Å². The molecule has 0 spiro atoms. The smallest absolute Gasteiger partial charge is 0.262 e. The summed E-state index contributed by atoms with van der Waals surface area (Å²) in [7, 11) is 0. The number of H-pyrrole nitrogens is 1. The van der Waals surface area contributed by atoms with Gasteiger partial charge in [0.05, 0.1) is 28.5 Å². The molecule has 0 radical (unpaired) electrons. The maximum atomic E-state index is 12.7. The van der Waals surface area contributed by atoms with Crippen molar-refractivity contribution in [2.45, 2.75) is 26.3 Å². The highest BCUT2D eigenvalue weighted by Crippen LogP contribution is 2.29. The summed E-state index contributed by atoms with van der Waals surface area (Å²) in [5, 5.41) is 5.46. The van der Waals surface area contributed by atoms with Crippen LogP contribution in [-0.4, -0.2) is 57.1 Å². The Hall–Kier alpha value is -4.01. The van der Waals surface area contributed by atoms with Crippen LogP contribution >= 0.6 is 0 Å². The molecular formula is C23H23N5O4. The van der Waals surface area contributed by atoms with E-state index in [1.54, 1.807) is 45.3 Å². The van der Waals surface area contributed by atoms with Crippen LogP contribution in [0.1, 0.15) is 62.2 Å². The highest BCUT2D eigenvalue weighted by Gasteiger charge is 2.42. The minimum atomic E-state index is -0.657.